The molecule has 1 aromatic carbocycles. The van der Waals surface area contributed by atoms with Crippen LogP contribution >= 0.6 is 0 Å². The monoisotopic (exact) mass is 378 g/mol. The first-order chi connectivity index (χ1) is 13.7. The number of benzene rings is 1. The van der Waals surface area contributed by atoms with E-state index in [2.05, 4.69) is 32.4 Å². The number of carbonyl (C=O) groups excluding carboxylic acids is 1. The van der Waals surface area contributed by atoms with Gasteiger partial charge in [-0.05, 0) is 17.7 Å². The van der Waals surface area contributed by atoms with Crippen LogP contribution < -0.4 is 15.7 Å². The smallest absolute Gasteiger partial charge is 0.245 e. The fourth-order valence-corrected chi connectivity index (χ4v) is 2.63. The van der Waals surface area contributed by atoms with E-state index in [4.69, 9.17) is 5.21 Å². The topological polar surface area (TPSA) is 103 Å². The standard InChI is InChI=1S/C20H22N6O2/c1-26(14-15-7-3-2-4-8-15)18-13-17(22-12-10-19(27)25-28)23-20(24-18)16-9-5-6-11-21-16/h2-9,11,13,28H,10,12,14H2,1H3,(H,25,27)(H,22,23,24). The molecule has 1 amide bonds. The largest absolute Gasteiger partial charge is 0.369 e. The molecule has 0 atom stereocenters. The van der Waals surface area contributed by atoms with E-state index in [0.29, 0.717) is 30.4 Å². The maximum atomic E-state index is 11.2. The molecule has 0 saturated heterocycles. The minimum Gasteiger partial charge on any atom is -0.369 e. The number of aromatic nitrogens is 3. The molecule has 8 heteroatoms. The molecule has 0 saturated carbocycles. The van der Waals surface area contributed by atoms with E-state index in [1.54, 1.807) is 11.7 Å². The minimum atomic E-state index is -0.465. The summed E-state index contributed by atoms with van der Waals surface area (Å²) in [4.78, 5) is 26.7. The number of anilines is 2. The van der Waals surface area contributed by atoms with Crippen LogP contribution in [0, 0.1) is 0 Å². The number of carbonyl (C=O) groups is 1. The summed E-state index contributed by atoms with van der Waals surface area (Å²) in [5, 5.41) is 11.7. The van der Waals surface area contributed by atoms with Crippen molar-refractivity contribution in [2.45, 2.75) is 13.0 Å². The average molecular weight is 378 g/mol. The van der Waals surface area contributed by atoms with Crippen molar-refractivity contribution < 1.29 is 10.0 Å². The lowest BCUT2D eigenvalue weighted by Gasteiger charge is -2.20. The van der Waals surface area contributed by atoms with Crippen molar-refractivity contribution in [3.05, 3.63) is 66.4 Å². The molecular formula is C20H22N6O2. The maximum absolute atomic E-state index is 11.2. The molecule has 0 fully saturated rings. The van der Waals surface area contributed by atoms with E-state index in [1.807, 2.05) is 54.4 Å². The predicted molar refractivity (Wildman–Crippen MR) is 107 cm³/mol. The SMILES string of the molecule is CN(Cc1ccccc1)c1cc(NCCC(=O)NO)nc(-c2ccccn2)n1. The van der Waals surface area contributed by atoms with Crippen LogP contribution in [0.2, 0.25) is 0 Å². The maximum Gasteiger partial charge on any atom is 0.245 e. The molecule has 144 valence electrons. The molecule has 2 aromatic heterocycles. The molecule has 0 aliphatic heterocycles. The molecule has 3 aromatic rings. The molecule has 0 aliphatic carbocycles. The molecule has 0 radical (unpaired) electrons. The summed E-state index contributed by atoms with van der Waals surface area (Å²) in [6.07, 6.45) is 1.81. The van der Waals surface area contributed by atoms with Crippen LogP contribution in [0.5, 0.6) is 0 Å². The van der Waals surface area contributed by atoms with Gasteiger partial charge in [-0.3, -0.25) is 15.0 Å². The minimum absolute atomic E-state index is 0.120. The Morgan fingerprint density at radius 1 is 1.11 bits per heavy atom. The average Bonchev–Trinajstić information content (AvgIpc) is 2.74. The van der Waals surface area contributed by atoms with Crippen molar-refractivity contribution in [3.63, 3.8) is 0 Å². The first-order valence-electron chi connectivity index (χ1n) is 8.88. The molecule has 3 rings (SSSR count). The number of hydrogen-bond donors (Lipinski definition) is 3. The molecular weight excluding hydrogens is 356 g/mol. The quantitative estimate of drug-likeness (QED) is 0.409. The number of hydrogen-bond acceptors (Lipinski definition) is 7. The van der Waals surface area contributed by atoms with Gasteiger partial charge in [0.25, 0.3) is 0 Å². The highest BCUT2D eigenvalue weighted by Gasteiger charge is 2.12. The fraction of sp³-hybridized carbons (Fsp3) is 0.200. The number of nitrogens with one attached hydrogen (secondary N) is 2. The van der Waals surface area contributed by atoms with Crippen molar-refractivity contribution in [1.82, 2.24) is 20.4 Å². The number of nitrogens with zero attached hydrogens (tertiary/aromatic N) is 4. The van der Waals surface area contributed by atoms with Gasteiger partial charge >= 0.3 is 0 Å². The van der Waals surface area contributed by atoms with Crippen LogP contribution in [0.15, 0.2) is 60.8 Å². The van der Waals surface area contributed by atoms with E-state index in [0.717, 1.165) is 11.4 Å². The summed E-state index contributed by atoms with van der Waals surface area (Å²) < 4.78 is 0. The summed E-state index contributed by atoms with van der Waals surface area (Å²) in [7, 11) is 1.96. The Kier molecular flexibility index (Phi) is 6.48. The van der Waals surface area contributed by atoms with E-state index in [1.165, 1.54) is 0 Å². The second kappa shape index (κ2) is 9.43. The first kappa shape index (κ1) is 19.2. The van der Waals surface area contributed by atoms with Crippen LogP contribution in [0.1, 0.15) is 12.0 Å². The molecule has 28 heavy (non-hydrogen) atoms. The zero-order chi connectivity index (χ0) is 19.8. The summed E-state index contributed by atoms with van der Waals surface area (Å²) in [6, 6.07) is 17.5. The molecule has 8 nitrogen and oxygen atoms in total. The lowest BCUT2D eigenvalue weighted by atomic mass is 10.2. The van der Waals surface area contributed by atoms with Gasteiger partial charge in [0, 0.05) is 38.8 Å². The summed E-state index contributed by atoms with van der Waals surface area (Å²) >= 11 is 0. The Balaban J connectivity index is 1.85. The van der Waals surface area contributed by atoms with Crippen LogP contribution in [-0.4, -0.2) is 39.7 Å². The molecule has 0 unspecified atom stereocenters. The van der Waals surface area contributed by atoms with Gasteiger partial charge in [0.1, 0.15) is 17.3 Å². The second-order valence-electron chi connectivity index (χ2n) is 6.20. The summed E-state index contributed by atoms with van der Waals surface area (Å²) in [5.74, 6) is 1.34. The molecule has 0 bridgehead atoms. The van der Waals surface area contributed by atoms with Gasteiger partial charge in [0.15, 0.2) is 5.82 Å². The normalized spacial score (nSPS) is 10.4. The van der Waals surface area contributed by atoms with E-state index >= 15 is 0 Å². The van der Waals surface area contributed by atoms with E-state index in [-0.39, 0.29) is 6.42 Å². The van der Waals surface area contributed by atoms with Gasteiger partial charge in [-0.2, -0.15) is 0 Å². The van der Waals surface area contributed by atoms with E-state index < -0.39 is 5.91 Å². The van der Waals surface area contributed by atoms with Gasteiger partial charge in [0.05, 0.1) is 0 Å². The predicted octanol–water partition coefficient (Wildman–Crippen LogP) is 2.48. The number of pyridine rings is 1. The Bertz CT molecular complexity index is 905. The van der Waals surface area contributed by atoms with Gasteiger partial charge < -0.3 is 10.2 Å². The number of rotatable bonds is 8. The van der Waals surface area contributed by atoms with Crippen molar-refractivity contribution >= 4 is 17.5 Å². The fourth-order valence-electron chi connectivity index (χ4n) is 2.63. The van der Waals surface area contributed by atoms with Crippen molar-refractivity contribution in [1.29, 1.82) is 0 Å². The van der Waals surface area contributed by atoms with E-state index in [9.17, 15) is 4.79 Å². The lowest BCUT2D eigenvalue weighted by molar-refractivity contribution is -0.128. The molecule has 3 N–H and O–H groups in total. The Hall–Kier alpha value is -3.52. The zero-order valence-corrected chi connectivity index (χ0v) is 15.5. The van der Waals surface area contributed by atoms with Gasteiger partial charge in [-0.25, -0.2) is 15.4 Å². The van der Waals surface area contributed by atoms with Crippen molar-refractivity contribution in [2.75, 3.05) is 23.8 Å². The van der Waals surface area contributed by atoms with Crippen molar-refractivity contribution in [3.8, 4) is 11.5 Å². The lowest BCUT2D eigenvalue weighted by Crippen LogP contribution is -2.22. The second-order valence-corrected chi connectivity index (χ2v) is 6.20. The molecule has 0 aliphatic rings. The van der Waals surface area contributed by atoms with Crippen molar-refractivity contribution in [2.24, 2.45) is 0 Å². The first-order valence-corrected chi connectivity index (χ1v) is 8.88. The molecule has 0 spiro atoms. The van der Waals surface area contributed by atoms with Crippen LogP contribution in [-0.2, 0) is 11.3 Å². The van der Waals surface area contributed by atoms with Gasteiger partial charge in [-0.15, -0.1) is 0 Å². The Labute approximate surface area is 163 Å². The summed E-state index contributed by atoms with van der Waals surface area (Å²) in [5.41, 5.74) is 3.44. The molecule has 2 heterocycles. The van der Waals surface area contributed by atoms with Gasteiger partial charge in [-0.1, -0.05) is 36.4 Å². The summed E-state index contributed by atoms with van der Waals surface area (Å²) in [6.45, 7) is 1.01. The third kappa shape index (κ3) is 5.24. The van der Waals surface area contributed by atoms with Crippen LogP contribution in [0.4, 0.5) is 11.6 Å². The highest BCUT2D eigenvalue weighted by molar-refractivity contribution is 5.75. The number of amides is 1. The Morgan fingerprint density at radius 3 is 2.61 bits per heavy atom. The highest BCUT2D eigenvalue weighted by atomic mass is 16.5. The number of hydroxylamine groups is 1. The van der Waals surface area contributed by atoms with Gasteiger partial charge in [0.2, 0.25) is 5.91 Å². The highest BCUT2D eigenvalue weighted by Crippen LogP contribution is 2.21. The zero-order valence-electron chi connectivity index (χ0n) is 15.5. The van der Waals surface area contributed by atoms with Crippen LogP contribution in [0.3, 0.4) is 0 Å². The Morgan fingerprint density at radius 2 is 1.89 bits per heavy atom. The third-order valence-electron chi connectivity index (χ3n) is 4.04. The van der Waals surface area contributed by atoms with Crippen LogP contribution in [0.25, 0.3) is 11.5 Å². The third-order valence-corrected chi connectivity index (χ3v) is 4.04.